The van der Waals surface area contributed by atoms with E-state index in [1.54, 1.807) is 6.20 Å². The second-order valence-corrected chi connectivity index (χ2v) is 9.10. The number of pyridine rings is 1. The number of nitrogens with two attached hydrogens (primary N) is 1. The lowest BCUT2D eigenvalue weighted by Crippen LogP contribution is -2.39. The second-order valence-electron chi connectivity index (χ2n) is 4.37. The third-order valence-corrected chi connectivity index (χ3v) is 8.25. The molecule has 2 N–H and O–H groups in total. The minimum Gasteiger partial charge on any atom is -0.409 e. The van der Waals surface area contributed by atoms with Gasteiger partial charge in [0.05, 0.1) is 6.10 Å². The molecule has 17 heavy (non-hydrogen) atoms. The summed E-state index contributed by atoms with van der Waals surface area (Å²) in [5, 5.41) is 0. The average molecular weight is 252 g/mol. The molecule has 1 aromatic heterocycles. The number of aromatic nitrogens is 1. The standard InChI is InChI=1S/C13H24N2OSi/c1-4-17(5-2,6-3)16-13(10-14)12-8-7-9-15-11-12/h7-9,11,13H,4-6,10,14H2,1-3H3/t13-/m0/s1. The summed E-state index contributed by atoms with van der Waals surface area (Å²) in [6.07, 6.45) is 3.65. The first-order chi connectivity index (χ1) is 8.21. The van der Waals surface area contributed by atoms with Crippen molar-refractivity contribution in [3.05, 3.63) is 30.1 Å². The average Bonchev–Trinajstić information content (AvgIpc) is 2.42. The Balaban J connectivity index is 2.82. The Labute approximate surface area is 106 Å². The third-order valence-electron chi connectivity index (χ3n) is 3.60. The topological polar surface area (TPSA) is 48.1 Å². The van der Waals surface area contributed by atoms with Gasteiger partial charge in [0.15, 0.2) is 8.32 Å². The molecule has 3 nitrogen and oxygen atoms in total. The molecule has 1 atom stereocenters. The molecule has 0 unspecified atom stereocenters. The van der Waals surface area contributed by atoms with Crippen molar-refractivity contribution < 1.29 is 4.43 Å². The van der Waals surface area contributed by atoms with Gasteiger partial charge in [-0.25, -0.2) is 0 Å². The van der Waals surface area contributed by atoms with Crippen LogP contribution in [0.3, 0.4) is 0 Å². The van der Waals surface area contributed by atoms with Gasteiger partial charge in [0.25, 0.3) is 0 Å². The van der Waals surface area contributed by atoms with Gasteiger partial charge >= 0.3 is 0 Å². The van der Waals surface area contributed by atoms with Crippen LogP contribution >= 0.6 is 0 Å². The molecule has 0 saturated heterocycles. The highest BCUT2D eigenvalue weighted by atomic mass is 28.4. The van der Waals surface area contributed by atoms with Crippen molar-refractivity contribution in [2.45, 2.75) is 45.0 Å². The van der Waals surface area contributed by atoms with E-state index in [4.69, 9.17) is 10.2 Å². The van der Waals surface area contributed by atoms with Crippen LogP contribution in [0.4, 0.5) is 0 Å². The minimum absolute atomic E-state index is 0.00946. The van der Waals surface area contributed by atoms with Gasteiger partial charge in [-0.05, 0) is 29.8 Å². The van der Waals surface area contributed by atoms with E-state index in [1.807, 2.05) is 18.3 Å². The van der Waals surface area contributed by atoms with Crippen LogP contribution in [-0.2, 0) is 4.43 Å². The molecule has 1 aromatic rings. The van der Waals surface area contributed by atoms with Gasteiger partial charge < -0.3 is 10.2 Å². The maximum atomic E-state index is 6.39. The lowest BCUT2D eigenvalue weighted by atomic mass is 10.2. The zero-order valence-corrected chi connectivity index (χ0v) is 12.1. The van der Waals surface area contributed by atoms with E-state index in [0.717, 1.165) is 23.7 Å². The summed E-state index contributed by atoms with van der Waals surface area (Å²) in [5.41, 5.74) is 6.94. The highest BCUT2D eigenvalue weighted by Gasteiger charge is 2.32. The summed E-state index contributed by atoms with van der Waals surface area (Å²) in [6.45, 7) is 7.22. The number of hydrogen-bond acceptors (Lipinski definition) is 3. The molecule has 0 fully saturated rings. The van der Waals surface area contributed by atoms with Crippen LogP contribution in [0.15, 0.2) is 24.5 Å². The van der Waals surface area contributed by atoms with Crippen LogP contribution < -0.4 is 5.73 Å². The molecule has 0 aliphatic rings. The fourth-order valence-electron chi connectivity index (χ4n) is 2.12. The van der Waals surface area contributed by atoms with Crippen LogP contribution in [0.2, 0.25) is 18.1 Å². The number of hydrogen-bond donors (Lipinski definition) is 1. The summed E-state index contributed by atoms with van der Waals surface area (Å²) in [6, 6.07) is 7.43. The quantitative estimate of drug-likeness (QED) is 0.759. The highest BCUT2D eigenvalue weighted by molar-refractivity contribution is 6.73. The summed E-state index contributed by atoms with van der Waals surface area (Å²) in [4.78, 5) is 4.14. The zero-order chi connectivity index (χ0) is 12.7. The van der Waals surface area contributed by atoms with E-state index < -0.39 is 8.32 Å². The maximum Gasteiger partial charge on any atom is 0.192 e. The molecule has 1 rings (SSSR count). The largest absolute Gasteiger partial charge is 0.409 e. The Bertz CT molecular complexity index is 306. The monoisotopic (exact) mass is 252 g/mol. The first-order valence-electron chi connectivity index (χ1n) is 6.49. The van der Waals surface area contributed by atoms with Gasteiger partial charge in [0, 0.05) is 18.9 Å². The van der Waals surface area contributed by atoms with E-state index >= 15 is 0 Å². The molecule has 0 amide bonds. The first kappa shape index (κ1) is 14.3. The fraction of sp³-hybridized carbons (Fsp3) is 0.615. The predicted octanol–water partition coefficient (Wildman–Crippen LogP) is 3.10. The molecular formula is C13H24N2OSi. The van der Waals surface area contributed by atoms with Crippen molar-refractivity contribution in [1.29, 1.82) is 0 Å². The normalized spacial score (nSPS) is 13.6. The maximum absolute atomic E-state index is 6.39. The molecule has 0 saturated carbocycles. The van der Waals surface area contributed by atoms with Crippen LogP contribution in [-0.4, -0.2) is 19.8 Å². The highest BCUT2D eigenvalue weighted by Crippen LogP contribution is 2.28. The van der Waals surface area contributed by atoms with E-state index in [9.17, 15) is 0 Å². The molecule has 0 aliphatic carbocycles. The summed E-state index contributed by atoms with van der Waals surface area (Å²) in [5.74, 6) is 0. The smallest absolute Gasteiger partial charge is 0.192 e. The Kier molecular flexibility index (Phi) is 5.81. The van der Waals surface area contributed by atoms with Crippen LogP contribution in [0.5, 0.6) is 0 Å². The van der Waals surface area contributed by atoms with E-state index in [-0.39, 0.29) is 6.10 Å². The third kappa shape index (κ3) is 3.62. The van der Waals surface area contributed by atoms with Crippen molar-refractivity contribution in [3.8, 4) is 0 Å². The van der Waals surface area contributed by atoms with Gasteiger partial charge in [-0.3, -0.25) is 4.98 Å². The van der Waals surface area contributed by atoms with Gasteiger partial charge in [0.2, 0.25) is 0 Å². The van der Waals surface area contributed by atoms with Crippen LogP contribution in [0.1, 0.15) is 32.4 Å². The van der Waals surface area contributed by atoms with Crippen molar-refractivity contribution in [3.63, 3.8) is 0 Å². The second kappa shape index (κ2) is 6.89. The first-order valence-corrected chi connectivity index (χ1v) is 9.02. The molecule has 0 aromatic carbocycles. The number of nitrogens with zero attached hydrogens (tertiary/aromatic N) is 1. The Hall–Kier alpha value is -0.713. The molecule has 96 valence electrons. The summed E-state index contributed by atoms with van der Waals surface area (Å²) >= 11 is 0. The van der Waals surface area contributed by atoms with Crippen LogP contribution in [0, 0.1) is 0 Å². The lowest BCUT2D eigenvalue weighted by molar-refractivity contribution is 0.197. The van der Waals surface area contributed by atoms with Crippen molar-refractivity contribution in [1.82, 2.24) is 4.98 Å². The molecule has 0 aliphatic heterocycles. The van der Waals surface area contributed by atoms with Crippen molar-refractivity contribution >= 4 is 8.32 Å². The molecule has 4 heteroatoms. The van der Waals surface area contributed by atoms with Gasteiger partial charge in [-0.2, -0.15) is 0 Å². The lowest BCUT2D eigenvalue weighted by Gasteiger charge is -2.32. The molecule has 0 spiro atoms. The van der Waals surface area contributed by atoms with Crippen LogP contribution in [0.25, 0.3) is 0 Å². The molecule has 0 radical (unpaired) electrons. The zero-order valence-electron chi connectivity index (χ0n) is 11.1. The van der Waals surface area contributed by atoms with Crippen molar-refractivity contribution in [2.75, 3.05) is 6.54 Å². The summed E-state index contributed by atoms with van der Waals surface area (Å²) < 4.78 is 6.39. The Morgan fingerprint density at radius 2 is 1.94 bits per heavy atom. The fourth-order valence-corrected chi connectivity index (χ4v) is 4.96. The Morgan fingerprint density at radius 1 is 1.29 bits per heavy atom. The number of rotatable bonds is 7. The van der Waals surface area contributed by atoms with E-state index in [0.29, 0.717) is 6.54 Å². The molecule has 0 bridgehead atoms. The summed E-state index contributed by atoms with van der Waals surface area (Å²) in [7, 11) is -1.59. The minimum atomic E-state index is -1.59. The van der Waals surface area contributed by atoms with E-state index in [2.05, 4.69) is 25.8 Å². The van der Waals surface area contributed by atoms with E-state index in [1.165, 1.54) is 0 Å². The van der Waals surface area contributed by atoms with Gasteiger partial charge in [-0.1, -0.05) is 26.8 Å². The van der Waals surface area contributed by atoms with Gasteiger partial charge in [0.1, 0.15) is 0 Å². The molecular weight excluding hydrogens is 228 g/mol. The predicted molar refractivity (Wildman–Crippen MR) is 74.3 cm³/mol. The molecule has 1 heterocycles. The van der Waals surface area contributed by atoms with Gasteiger partial charge in [-0.15, -0.1) is 0 Å². The Morgan fingerprint density at radius 3 is 2.35 bits per heavy atom. The SMILES string of the molecule is CC[Si](CC)(CC)O[C@@H](CN)c1cccnc1. The van der Waals surface area contributed by atoms with Crippen molar-refractivity contribution in [2.24, 2.45) is 5.73 Å².